The van der Waals surface area contributed by atoms with Crippen molar-refractivity contribution in [3.8, 4) is 0 Å². The molecule has 2 saturated heterocycles. The number of nitrogens with zero attached hydrogens (tertiary/aromatic N) is 2. The third-order valence-electron chi connectivity index (χ3n) is 5.19. The third-order valence-corrected chi connectivity index (χ3v) is 8.09. The molecule has 1 amide bonds. The highest BCUT2D eigenvalue weighted by molar-refractivity contribution is 9.10. The average molecular weight is 445 g/mol. The van der Waals surface area contributed by atoms with Gasteiger partial charge in [-0.05, 0) is 67.2 Å². The van der Waals surface area contributed by atoms with Crippen molar-refractivity contribution >= 4 is 31.9 Å². The van der Waals surface area contributed by atoms with E-state index in [4.69, 9.17) is 4.74 Å². The minimum absolute atomic E-state index is 0.101. The molecule has 0 aliphatic carbocycles. The number of morpholine rings is 1. The molecule has 2 heterocycles. The Bertz CT molecular complexity index is 767. The number of benzene rings is 1. The summed E-state index contributed by atoms with van der Waals surface area (Å²) < 4.78 is 33.1. The first-order valence-electron chi connectivity index (χ1n) is 9.02. The Hall–Kier alpha value is -0.960. The van der Waals surface area contributed by atoms with Crippen molar-refractivity contribution in [2.75, 3.05) is 26.3 Å². The minimum Gasteiger partial charge on any atom is -0.379 e. The molecule has 1 aromatic rings. The lowest BCUT2D eigenvalue weighted by atomic mass is 9.96. The van der Waals surface area contributed by atoms with Crippen molar-refractivity contribution in [2.45, 2.75) is 50.1 Å². The zero-order valence-corrected chi connectivity index (χ0v) is 17.6. The molecule has 0 N–H and O–H groups in total. The van der Waals surface area contributed by atoms with Gasteiger partial charge in [-0.3, -0.25) is 4.79 Å². The number of carbonyl (C=O) groups excluding carboxylic acids is 1. The number of hydrogen-bond acceptors (Lipinski definition) is 4. The minimum atomic E-state index is -3.67. The maximum Gasteiger partial charge on any atom is 0.254 e. The Morgan fingerprint density at radius 1 is 1.15 bits per heavy atom. The van der Waals surface area contributed by atoms with E-state index in [1.807, 2.05) is 4.90 Å². The van der Waals surface area contributed by atoms with Crippen LogP contribution in [0.25, 0.3) is 0 Å². The fraction of sp³-hybridized carbons (Fsp3) is 0.611. The summed E-state index contributed by atoms with van der Waals surface area (Å²) in [4.78, 5) is 15.1. The molecule has 2 aliphatic rings. The van der Waals surface area contributed by atoms with E-state index in [0.29, 0.717) is 36.3 Å². The second kappa shape index (κ2) is 7.96. The van der Waals surface area contributed by atoms with Crippen LogP contribution >= 0.6 is 15.9 Å². The van der Waals surface area contributed by atoms with Crippen molar-refractivity contribution in [2.24, 2.45) is 0 Å². The van der Waals surface area contributed by atoms with Gasteiger partial charge in [0.1, 0.15) is 0 Å². The summed E-state index contributed by atoms with van der Waals surface area (Å²) in [5.41, 5.74) is 0.417. The number of rotatable bonds is 3. The summed E-state index contributed by atoms with van der Waals surface area (Å²) >= 11 is 3.34. The number of carbonyl (C=O) groups is 1. The van der Waals surface area contributed by atoms with E-state index in [0.717, 1.165) is 19.3 Å². The molecule has 0 aromatic heterocycles. The topological polar surface area (TPSA) is 66.9 Å². The Morgan fingerprint density at radius 2 is 1.77 bits per heavy atom. The van der Waals surface area contributed by atoms with Gasteiger partial charge >= 0.3 is 0 Å². The molecule has 8 heteroatoms. The summed E-state index contributed by atoms with van der Waals surface area (Å²) in [6, 6.07) is 5.17. The fourth-order valence-corrected chi connectivity index (χ4v) is 6.09. The monoisotopic (exact) mass is 444 g/mol. The quantitative estimate of drug-likeness (QED) is 0.718. The molecule has 2 unspecified atom stereocenters. The lowest BCUT2D eigenvalue weighted by Gasteiger charge is -2.39. The summed E-state index contributed by atoms with van der Waals surface area (Å²) in [6.07, 6.45) is 3.07. The standard InChI is InChI=1S/C18H25BrN2O4S/c1-13-4-3-5-14(2)21(13)18(22)15-6-7-16(19)17(12-15)26(23,24)20-8-10-25-11-9-20/h6-7,12-14H,3-5,8-11H2,1-2H3. The fourth-order valence-electron chi connectivity index (χ4n) is 3.73. The number of ether oxygens (including phenoxy) is 1. The van der Waals surface area contributed by atoms with Gasteiger partial charge in [0, 0.05) is 35.2 Å². The van der Waals surface area contributed by atoms with Crippen LogP contribution in [0.5, 0.6) is 0 Å². The van der Waals surface area contributed by atoms with Gasteiger partial charge in [0.25, 0.3) is 5.91 Å². The van der Waals surface area contributed by atoms with Crippen LogP contribution in [-0.2, 0) is 14.8 Å². The molecule has 26 heavy (non-hydrogen) atoms. The molecule has 2 aliphatic heterocycles. The zero-order valence-electron chi connectivity index (χ0n) is 15.2. The molecule has 0 saturated carbocycles. The summed E-state index contributed by atoms with van der Waals surface area (Å²) in [7, 11) is -3.67. The zero-order chi connectivity index (χ0) is 18.9. The number of piperidine rings is 1. The first-order chi connectivity index (χ1) is 12.3. The highest BCUT2D eigenvalue weighted by atomic mass is 79.9. The van der Waals surface area contributed by atoms with Crippen LogP contribution in [0.4, 0.5) is 0 Å². The Morgan fingerprint density at radius 3 is 2.38 bits per heavy atom. The van der Waals surface area contributed by atoms with Crippen LogP contribution in [0.15, 0.2) is 27.6 Å². The lowest BCUT2D eigenvalue weighted by molar-refractivity contribution is 0.0510. The van der Waals surface area contributed by atoms with Crippen molar-refractivity contribution in [1.82, 2.24) is 9.21 Å². The molecule has 0 bridgehead atoms. The molecule has 144 valence electrons. The normalized spacial score (nSPS) is 25.3. The second-order valence-corrected chi connectivity index (χ2v) is 9.76. The molecule has 0 radical (unpaired) electrons. The molecule has 3 rings (SSSR count). The summed E-state index contributed by atoms with van der Waals surface area (Å²) in [6.45, 7) is 5.53. The van der Waals surface area contributed by atoms with E-state index < -0.39 is 10.0 Å². The van der Waals surface area contributed by atoms with Crippen molar-refractivity contribution in [1.29, 1.82) is 0 Å². The van der Waals surface area contributed by atoms with E-state index in [1.54, 1.807) is 12.1 Å². The van der Waals surface area contributed by atoms with Gasteiger partial charge in [-0.15, -0.1) is 0 Å². The SMILES string of the molecule is CC1CCCC(C)N1C(=O)c1ccc(Br)c(S(=O)(=O)N2CCOCC2)c1. The van der Waals surface area contributed by atoms with Gasteiger partial charge in [-0.25, -0.2) is 8.42 Å². The van der Waals surface area contributed by atoms with Crippen molar-refractivity contribution in [3.05, 3.63) is 28.2 Å². The molecule has 2 atom stereocenters. The average Bonchev–Trinajstić information content (AvgIpc) is 2.62. The molecular formula is C18H25BrN2O4S. The van der Waals surface area contributed by atoms with Crippen LogP contribution in [0.2, 0.25) is 0 Å². The van der Waals surface area contributed by atoms with E-state index in [-0.39, 0.29) is 22.9 Å². The molecule has 0 spiro atoms. The number of sulfonamides is 1. The molecule has 1 aromatic carbocycles. The largest absolute Gasteiger partial charge is 0.379 e. The predicted octanol–water partition coefficient (Wildman–Crippen LogP) is 2.87. The predicted molar refractivity (Wildman–Crippen MR) is 103 cm³/mol. The Kier molecular flexibility index (Phi) is 6.06. The van der Waals surface area contributed by atoms with E-state index in [9.17, 15) is 13.2 Å². The molecule has 6 nitrogen and oxygen atoms in total. The van der Waals surface area contributed by atoms with Crippen LogP contribution < -0.4 is 0 Å². The van der Waals surface area contributed by atoms with E-state index in [2.05, 4.69) is 29.8 Å². The van der Waals surface area contributed by atoms with Crippen LogP contribution in [0.1, 0.15) is 43.5 Å². The van der Waals surface area contributed by atoms with E-state index >= 15 is 0 Å². The van der Waals surface area contributed by atoms with Gasteiger partial charge in [-0.1, -0.05) is 0 Å². The Balaban J connectivity index is 1.93. The van der Waals surface area contributed by atoms with Crippen molar-refractivity contribution < 1.29 is 17.9 Å². The number of amides is 1. The third kappa shape index (κ3) is 3.83. The molecular weight excluding hydrogens is 420 g/mol. The number of halogens is 1. The lowest BCUT2D eigenvalue weighted by Crippen LogP contribution is -2.47. The van der Waals surface area contributed by atoms with Gasteiger partial charge in [0.2, 0.25) is 10.0 Å². The first kappa shape index (κ1) is 19.8. The maximum absolute atomic E-state index is 13.1. The maximum atomic E-state index is 13.1. The first-order valence-corrected chi connectivity index (χ1v) is 11.3. The number of likely N-dealkylation sites (tertiary alicyclic amines) is 1. The van der Waals surface area contributed by atoms with E-state index in [1.165, 1.54) is 10.4 Å². The van der Waals surface area contributed by atoms with Crippen LogP contribution in [0, 0.1) is 0 Å². The number of hydrogen-bond donors (Lipinski definition) is 0. The highest BCUT2D eigenvalue weighted by Crippen LogP contribution is 2.29. The molecule has 2 fully saturated rings. The van der Waals surface area contributed by atoms with Crippen molar-refractivity contribution in [3.63, 3.8) is 0 Å². The smallest absolute Gasteiger partial charge is 0.254 e. The van der Waals surface area contributed by atoms with Gasteiger partial charge in [0.15, 0.2) is 0 Å². The second-order valence-electron chi connectivity index (χ2n) is 7.00. The van der Waals surface area contributed by atoms with Gasteiger partial charge < -0.3 is 9.64 Å². The van der Waals surface area contributed by atoms with Gasteiger partial charge in [0.05, 0.1) is 18.1 Å². The van der Waals surface area contributed by atoms with Crippen LogP contribution in [0.3, 0.4) is 0 Å². The van der Waals surface area contributed by atoms with Gasteiger partial charge in [-0.2, -0.15) is 4.31 Å². The Labute approximate surface area is 163 Å². The summed E-state index contributed by atoms with van der Waals surface area (Å²) in [5, 5.41) is 0. The highest BCUT2D eigenvalue weighted by Gasteiger charge is 2.32. The summed E-state index contributed by atoms with van der Waals surface area (Å²) in [5.74, 6) is -0.101. The van der Waals surface area contributed by atoms with Crippen LogP contribution in [-0.4, -0.2) is 61.9 Å².